The van der Waals surface area contributed by atoms with E-state index in [0.717, 1.165) is 12.0 Å². The minimum absolute atomic E-state index is 0.0444. The summed E-state index contributed by atoms with van der Waals surface area (Å²) in [4.78, 5) is 11.8. The van der Waals surface area contributed by atoms with E-state index in [4.69, 9.17) is 5.26 Å². The van der Waals surface area contributed by atoms with E-state index >= 15 is 0 Å². The Balaban J connectivity index is 2.51. The molecule has 1 rings (SSSR count). The highest BCUT2D eigenvalue weighted by Crippen LogP contribution is 2.06. The molecule has 0 radical (unpaired) electrons. The molecule has 0 aliphatic carbocycles. The van der Waals surface area contributed by atoms with E-state index in [1.54, 1.807) is 24.3 Å². The summed E-state index contributed by atoms with van der Waals surface area (Å²) < 4.78 is 0. The molecule has 0 saturated heterocycles. The average molecular weight is 260 g/mol. The average Bonchev–Trinajstić information content (AvgIpc) is 2.38. The van der Waals surface area contributed by atoms with Crippen LogP contribution in [0.4, 0.5) is 0 Å². The summed E-state index contributed by atoms with van der Waals surface area (Å²) in [7, 11) is 0. The van der Waals surface area contributed by atoms with Crippen LogP contribution in [-0.2, 0) is 11.2 Å². The predicted octanol–water partition coefficient (Wildman–Crippen LogP) is 1.62. The number of nitriles is 1. The van der Waals surface area contributed by atoms with Crippen molar-refractivity contribution in [2.45, 2.75) is 32.7 Å². The second-order valence-electron chi connectivity index (χ2n) is 5.06. The maximum atomic E-state index is 11.8. The fraction of sp³-hybridized carbons (Fsp3) is 0.467. The number of carbonyl (C=O) groups is 1. The van der Waals surface area contributed by atoms with Gasteiger partial charge < -0.3 is 10.4 Å². The van der Waals surface area contributed by atoms with Crippen molar-refractivity contribution in [2.75, 3.05) is 6.61 Å². The molecule has 0 spiro atoms. The van der Waals surface area contributed by atoms with Crippen LogP contribution in [0.25, 0.3) is 0 Å². The van der Waals surface area contributed by atoms with Crippen molar-refractivity contribution in [1.82, 2.24) is 5.32 Å². The van der Waals surface area contributed by atoms with Crippen molar-refractivity contribution in [1.29, 1.82) is 5.26 Å². The quantitative estimate of drug-likeness (QED) is 0.816. The van der Waals surface area contributed by atoms with E-state index < -0.39 is 0 Å². The highest BCUT2D eigenvalue weighted by atomic mass is 16.3. The van der Waals surface area contributed by atoms with Gasteiger partial charge in [0.2, 0.25) is 5.91 Å². The molecule has 0 bridgehead atoms. The Morgan fingerprint density at radius 1 is 1.37 bits per heavy atom. The van der Waals surface area contributed by atoms with Gasteiger partial charge in [0.25, 0.3) is 0 Å². The fourth-order valence-corrected chi connectivity index (χ4v) is 1.91. The number of aliphatic hydroxyl groups is 1. The maximum absolute atomic E-state index is 11.8. The highest BCUT2D eigenvalue weighted by Gasteiger charge is 2.13. The minimum atomic E-state index is -0.189. The van der Waals surface area contributed by atoms with Crippen molar-refractivity contribution in [3.63, 3.8) is 0 Å². The SMILES string of the molecule is CC(C)CC(CO)NC(=O)Cc1ccc(C#N)cc1. The predicted molar refractivity (Wildman–Crippen MR) is 73.3 cm³/mol. The van der Waals surface area contributed by atoms with Crippen LogP contribution >= 0.6 is 0 Å². The molecule has 4 nitrogen and oxygen atoms in total. The summed E-state index contributed by atoms with van der Waals surface area (Å²) in [6, 6.07) is 8.78. The number of hydrogen-bond acceptors (Lipinski definition) is 3. The Kier molecular flexibility index (Phi) is 6.04. The lowest BCUT2D eigenvalue weighted by molar-refractivity contribution is -0.121. The van der Waals surface area contributed by atoms with Gasteiger partial charge in [-0.3, -0.25) is 4.79 Å². The lowest BCUT2D eigenvalue weighted by Gasteiger charge is -2.18. The van der Waals surface area contributed by atoms with Crippen molar-refractivity contribution < 1.29 is 9.90 Å². The number of nitrogens with zero attached hydrogens (tertiary/aromatic N) is 1. The first-order valence-electron chi connectivity index (χ1n) is 6.44. The molecule has 1 aromatic rings. The topological polar surface area (TPSA) is 73.1 Å². The van der Waals surface area contributed by atoms with E-state index in [1.807, 2.05) is 6.07 Å². The third kappa shape index (κ3) is 5.54. The molecule has 1 atom stereocenters. The molecule has 0 saturated carbocycles. The molecule has 1 aromatic carbocycles. The van der Waals surface area contributed by atoms with Gasteiger partial charge in [-0.05, 0) is 30.0 Å². The standard InChI is InChI=1S/C15H20N2O2/c1-11(2)7-14(10-18)17-15(19)8-12-3-5-13(9-16)6-4-12/h3-6,11,14,18H,7-8,10H2,1-2H3,(H,17,19). The zero-order valence-corrected chi connectivity index (χ0v) is 11.4. The molecule has 1 amide bonds. The van der Waals surface area contributed by atoms with Gasteiger partial charge in [-0.2, -0.15) is 5.26 Å². The van der Waals surface area contributed by atoms with Crippen molar-refractivity contribution in [3.8, 4) is 6.07 Å². The molecule has 4 heteroatoms. The van der Waals surface area contributed by atoms with Crippen LogP contribution in [0.15, 0.2) is 24.3 Å². The summed E-state index contributed by atoms with van der Waals surface area (Å²) in [6.45, 7) is 4.06. The smallest absolute Gasteiger partial charge is 0.224 e. The molecule has 19 heavy (non-hydrogen) atoms. The first-order valence-corrected chi connectivity index (χ1v) is 6.44. The second kappa shape index (κ2) is 7.55. The third-order valence-electron chi connectivity index (χ3n) is 2.79. The molecule has 0 aromatic heterocycles. The lowest BCUT2D eigenvalue weighted by Crippen LogP contribution is -2.39. The van der Waals surface area contributed by atoms with Crippen LogP contribution in [-0.4, -0.2) is 23.7 Å². The Morgan fingerprint density at radius 2 is 2.00 bits per heavy atom. The van der Waals surface area contributed by atoms with E-state index in [2.05, 4.69) is 19.2 Å². The second-order valence-corrected chi connectivity index (χ2v) is 5.06. The molecule has 0 aliphatic rings. The molecular formula is C15H20N2O2. The van der Waals surface area contributed by atoms with Gasteiger partial charge in [-0.15, -0.1) is 0 Å². The summed E-state index contributed by atoms with van der Waals surface area (Å²) >= 11 is 0. The molecular weight excluding hydrogens is 240 g/mol. The van der Waals surface area contributed by atoms with Gasteiger partial charge in [0, 0.05) is 0 Å². The van der Waals surface area contributed by atoms with Crippen molar-refractivity contribution >= 4 is 5.91 Å². The first-order chi connectivity index (χ1) is 9.05. The van der Waals surface area contributed by atoms with Gasteiger partial charge >= 0.3 is 0 Å². The Labute approximate surface area is 114 Å². The van der Waals surface area contributed by atoms with Gasteiger partial charge in [0.05, 0.1) is 30.7 Å². The zero-order chi connectivity index (χ0) is 14.3. The zero-order valence-electron chi connectivity index (χ0n) is 11.4. The van der Waals surface area contributed by atoms with E-state index in [0.29, 0.717) is 11.5 Å². The summed E-state index contributed by atoms with van der Waals surface area (Å²) in [5, 5.41) is 20.7. The number of aliphatic hydroxyl groups excluding tert-OH is 1. The molecule has 0 aliphatic heterocycles. The molecule has 1 unspecified atom stereocenters. The molecule has 102 valence electrons. The Hall–Kier alpha value is -1.86. The van der Waals surface area contributed by atoms with Crippen LogP contribution < -0.4 is 5.32 Å². The largest absolute Gasteiger partial charge is 0.394 e. The van der Waals surface area contributed by atoms with E-state index in [1.165, 1.54) is 0 Å². The normalized spacial score (nSPS) is 11.9. The van der Waals surface area contributed by atoms with E-state index in [-0.39, 0.29) is 25.0 Å². The van der Waals surface area contributed by atoms with Gasteiger partial charge in [0.1, 0.15) is 0 Å². The number of rotatable bonds is 6. The molecule has 2 N–H and O–H groups in total. The molecule has 0 heterocycles. The van der Waals surface area contributed by atoms with Gasteiger partial charge in [0.15, 0.2) is 0 Å². The Morgan fingerprint density at radius 3 is 2.47 bits per heavy atom. The highest BCUT2D eigenvalue weighted by molar-refractivity contribution is 5.78. The van der Waals surface area contributed by atoms with Gasteiger partial charge in [-0.1, -0.05) is 26.0 Å². The van der Waals surface area contributed by atoms with Crippen molar-refractivity contribution in [2.24, 2.45) is 5.92 Å². The monoisotopic (exact) mass is 260 g/mol. The Bertz CT molecular complexity index is 446. The summed E-state index contributed by atoms with van der Waals surface area (Å²) in [5.74, 6) is 0.316. The van der Waals surface area contributed by atoms with Gasteiger partial charge in [-0.25, -0.2) is 0 Å². The van der Waals surface area contributed by atoms with Crippen LogP contribution in [0.3, 0.4) is 0 Å². The van der Waals surface area contributed by atoms with Crippen LogP contribution in [0.2, 0.25) is 0 Å². The van der Waals surface area contributed by atoms with Crippen molar-refractivity contribution in [3.05, 3.63) is 35.4 Å². The number of hydrogen-bond donors (Lipinski definition) is 2. The maximum Gasteiger partial charge on any atom is 0.224 e. The number of amides is 1. The number of carbonyl (C=O) groups excluding carboxylic acids is 1. The first kappa shape index (κ1) is 15.2. The fourth-order valence-electron chi connectivity index (χ4n) is 1.91. The minimum Gasteiger partial charge on any atom is -0.394 e. The van der Waals surface area contributed by atoms with E-state index in [9.17, 15) is 9.90 Å². The number of nitrogens with one attached hydrogen (secondary N) is 1. The summed E-state index contributed by atoms with van der Waals surface area (Å²) in [6.07, 6.45) is 1.02. The third-order valence-corrected chi connectivity index (χ3v) is 2.79. The van der Waals surface area contributed by atoms with Crippen LogP contribution in [0.1, 0.15) is 31.4 Å². The van der Waals surface area contributed by atoms with Crippen LogP contribution in [0, 0.1) is 17.2 Å². The van der Waals surface area contributed by atoms with Crippen LogP contribution in [0.5, 0.6) is 0 Å². The number of benzene rings is 1. The summed E-state index contributed by atoms with van der Waals surface area (Å²) in [5.41, 5.74) is 1.44. The molecule has 0 fully saturated rings. The lowest BCUT2D eigenvalue weighted by atomic mass is 10.0.